The third-order valence-electron chi connectivity index (χ3n) is 4.40. The quantitative estimate of drug-likeness (QED) is 0.451. The van der Waals surface area contributed by atoms with E-state index < -0.39 is 20.2 Å². The Morgan fingerprint density at radius 1 is 1.36 bits per heavy atom. The molecule has 1 aliphatic carbocycles. The Balaban J connectivity index is 2.46. The fourth-order valence-corrected chi connectivity index (χ4v) is 4.61. The second kappa shape index (κ2) is 6.16. The second-order valence-corrected chi connectivity index (χ2v) is 11.5. The summed E-state index contributed by atoms with van der Waals surface area (Å²) in [4.78, 5) is 24.6. The van der Waals surface area contributed by atoms with Gasteiger partial charge in [0.15, 0.2) is 8.32 Å². The highest BCUT2D eigenvalue weighted by Gasteiger charge is 2.55. The zero-order chi connectivity index (χ0) is 16.7. The minimum atomic E-state index is -1.82. The van der Waals surface area contributed by atoms with E-state index in [9.17, 15) is 9.59 Å². The van der Waals surface area contributed by atoms with Crippen LogP contribution in [0.15, 0.2) is 11.6 Å². The number of methoxy groups -OCH3 is 1. The van der Waals surface area contributed by atoms with Crippen molar-refractivity contribution in [1.82, 2.24) is 0 Å². The summed E-state index contributed by atoms with van der Waals surface area (Å²) in [6.45, 7) is 10.1. The summed E-state index contributed by atoms with van der Waals surface area (Å²) in [6, 6.07) is 0. The van der Waals surface area contributed by atoms with Gasteiger partial charge in [-0.05, 0) is 33.0 Å². The van der Waals surface area contributed by atoms with Crippen LogP contribution in [0.1, 0.15) is 20.3 Å². The first-order chi connectivity index (χ1) is 10.2. The monoisotopic (exact) mass is 326 g/mol. The zero-order valence-corrected chi connectivity index (χ0v) is 15.2. The molecule has 22 heavy (non-hydrogen) atoms. The number of carbonyl (C=O) groups excluding carboxylic acids is 2. The van der Waals surface area contributed by atoms with Crippen LogP contribution in [0.3, 0.4) is 0 Å². The minimum absolute atomic E-state index is 0.207. The van der Waals surface area contributed by atoms with Gasteiger partial charge in [-0.15, -0.1) is 0 Å². The second-order valence-electron chi connectivity index (χ2n) is 7.04. The van der Waals surface area contributed by atoms with E-state index >= 15 is 0 Å². The molecule has 2 rings (SSSR count). The van der Waals surface area contributed by atoms with Crippen LogP contribution in [-0.2, 0) is 23.5 Å². The lowest BCUT2D eigenvalue weighted by Crippen LogP contribution is -2.47. The smallest absolute Gasteiger partial charge is 0.313 e. The molecule has 1 aliphatic heterocycles. The van der Waals surface area contributed by atoms with E-state index in [1.807, 2.05) is 19.9 Å². The molecule has 1 unspecified atom stereocenters. The Kier molecular flexibility index (Phi) is 4.82. The topological polar surface area (TPSA) is 61.8 Å². The molecular formula is C16H26O5Si. The molecule has 0 aromatic carbocycles. The van der Waals surface area contributed by atoms with Crippen molar-refractivity contribution in [3.63, 3.8) is 0 Å². The van der Waals surface area contributed by atoms with Crippen LogP contribution >= 0.6 is 0 Å². The SMILES string of the molecule is CCC1=C[C@@H](O[Si](C)(C)C)[C@@H]2C(=O)O[C@@H](C)[C@@H]2C1C(=O)OC. The molecule has 0 aromatic heterocycles. The summed E-state index contributed by atoms with van der Waals surface area (Å²) in [5.74, 6) is -1.59. The van der Waals surface area contributed by atoms with Gasteiger partial charge in [-0.3, -0.25) is 9.59 Å². The number of rotatable bonds is 4. The Hall–Kier alpha value is -1.14. The van der Waals surface area contributed by atoms with Gasteiger partial charge in [-0.2, -0.15) is 0 Å². The lowest BCUT2D eigenvalue weighted by atomic mass is 9.69. The molecule has 1 heterocycles. The van der Waals surface area contributed by atoms with Gasteiger partial charge in [0.1, 0.15) is 6.10 Å². The molecule has 1 saturated heterocycles. The van der Waals surface area contributed by atoms with Crippen molar-refractivity contribution < 1.29 is 23.5 Å². The largest absolute Gasteiger partial charge is 0.469 e. The van der Waals surface area contributed by atoms with Crippen molar-refractivity contribution >= 4 is 20.3 Å². The number of ether oxygens (including phenoxy) is 2. The van der Waals surface area contributed by atoms with Crippen LogP contribution in [0.25, 0.3) is 0 Å². The molecule has 0 spiro atoms. The molecule has 5 nitrogen and oxygen atoms in total. The van der Waals surface area contributed by atoms with Crippen molar-refractivity contribution in [3.05, 3.63) is 11.6 Å². The predicted octanol–water partition coefficient (Wildman–Crippen LogP) is 2.52. The zero-order valence-electron chi connectivity index (χ0n) is 14.2. The summed E-state index contributed by atoms with van der Waals surface area (Å²) in [5, 5.41) is 0. The standard InChI is InChI=1S/C16H26O5Si/c1-7-10-8-11(21-22(4,5)6)14-12(9(2)20-16(14)18)13(10)15(17)19-3/h8-9,11-14H,7H2,1-6H3/t9-,11+,12+,13?,14-/m0/s1. The van der Waals surface area contributed by atoms with E-state index in [1.165, 1.54) is 7.11 Å². The van der Waals surface area contributed by atoms with E-state index in [1.54, 1.807) is 0 Å². The van der Waals surface area contributed by atoms with Crippen molar-refractivity contribution in [3.8, 4) is 0 Å². The normalized spacial score (nSPS) is 34.7. The van der Waals surface area contributed by atoms with Crippen LogP contribution in [0, 0.1) is 17.8 Å². The molecule has 0 radical (unpaired) electrons. The maximum Gasteiger partial charge on any atom is 0.313 e. The number of esters is 2. The molecule has 6 heteroatoms. The number of hydrogen-bond donors (Lipinski definition) is 0. The molecule has 0 bridgehead atoms. The maximum atomic E-state index is 12.3. The summed E-state index contributed by atoms with van der Waals surface area (Å²) in [6.07, 6.45) is 2.09. The number of fused-ring (bicyclic) bond motifs is 1. The van der Waals surface area contributed by atoms with Crippen molar-refractivity contribution in [2.45, 2.75) is 52.1 Å². The van der Waals surface area contributed by atoms with Crippen LogP contribution in [0.2, 0.25) is 19.6 Å². The fraction of sp³-hybridized carbons (Fsp3) is 0.750. The van der Waals surface area contributed by atoms with Gasteiger partial charge in [0.25, 0.3) is 0 Å². The summed E-state index contributed by atoms with van der Waals surface area (Å²) in [5.41, 5.74) is 0.988. The van der Waals surface area contributed by atoms with Gasteiger partial charge in [0.2, 0.25) is 0 Å². The molecule has 1 fully saturated rings. The third kappa shape index (κ3) is 3.13. The van der Waals surface area contributed by atoms with Gasteiger partial charge in [-0.1, -0.05) is 18.6 Å². The van der Waals surface area contributed by atoms with Gasteiger partial charge in [0, 0.05) is 5.92 Å². The Morgan fingerprint density at radius 2 is 2.00 bits per heavy atom. The minimum Gasteiger partial charge on any atom is -0.469 e. The van der Waals surface area contributed by atoms with E-state index in [0.717, 1.165) is 12.0 Å². The van der Waals surface area contributed by atoms with Gasteiger partial charge >= 0.3 is 11.9 Å². The lowest BCUT2D eigenvalue weighted by molar-refractivity contribution is -0.147. The van der Waals surface area contributed by atoms with Crippen LogP contribution in [-0.4, -0.2) is 39.6 Å². The highest BCUT2D eigenvalue weighted by Crippen LogP contribution is 2.46. The molecule has 0 N–H and O–H groups in total. The molecule has 2 aliphatic rings. The lowest BCUT2D eigenvalue weighted by Gasteiger charge is -2.38. The highest BCUT2D eigenvalue weighted by atomic mass is 28.4. The van der Waals surface area contributed by atoms with E-state index in [0.29, 0.717) is 0 Å². The van der Waals surface area contributed by atoms with Gasteiger partial charge in [0.05, 0.1) is 25.0 Å². The van der Waals surface area contributed by atoms with Crippen molar-refractivity contribution in [2.75, 3.05) is 7.11 Å². The molecular weight excluding hydrogens is 300 g/mol. The van der Waals surface area contributed by atoms with E-state index in [4.69, 9.17) is 13.9 Å². The summed E-state index contributed by atoms with van der Waals surface area (Å²) < 4.78 is 16.6. The van der Waals surface area contributed by atoms with E-state index in [2.05, 4.69) is 19.6 Å². The molecule has 5 atom stereocenters. The predicted molar refractivity (Wildman–Crippen MR) is 84.6 cm³/mol. The first kappa shape index (κ1) is 17.2. The maximum absolute atomic E-state index is 12.3. The molecule has 0 saturated carbocycles. The Morgan fingerprint density at radius 3 is 2.50 bits per heavy atom. The first-order valence-corrected chi connectivity index (χ1v) is 11.3. The van der Waals surface area contributed by atoms with Crippen LogP contribution < -0.4 is 0 Å². The van der Waals surface area contributed by atoms with Crippen LogP contribution in [0.4, 0.5) is 0 Å². The number of hydrogen-bond acceptors (Lipinski definition) is 5. The molecule has 0 aromatic rings. The summed E-state index contributed by atoms with van der Waals surface area (Å²) >= 11 is 0. The molecule has 0 amide bonds. The Bertz CT molecular complexity index is 493. The average Bonchev–Trinajstić information content (AvgIpc) is 2.71. The van der Waals surface area contributed by atoms with Gasteiger partial charge in [-0.25, -0.2) is 0 Å². The average molecular weight is 326 g/mol. The fourth-order valence-electron chi connectivity index (χ4n) is 3.58. The van der Waals surface area contributed by atoms with Crippen molar-refractivity contribution in [1.29, 1.82) is 0 Å². The first-order valence-electron chi connectivity index (χ1n) is 7.86. The highest BCUT2D eigenvalue weighted by molar-refractivity contribution is 6.69. The third-order valence-corrected chi connectivity index (χ3v) is 5.38. The summed E-state index contributed by atoms with van der Waals surface area (Å²) in [7, 11) is -0.438. The van der Waals surface area contributed by atoms with E-state index in [-0.39, 0.29) is 30.1 Å². The Labute approximate surface area is 133 Å². The van der Waals surface area contributed by atoms with Gasteiger partial charge < -0.3 is 13.9 Å². The molecule has 124 valence electrons. The number of carbonyl (C=O) groups is 2. The van der Waals surface area contributed by atoms with Crippen molar-refractivity contribution in [2.24, 2.45) is 17.8 Å². The van der Waals surface area contributed by atoms with Crippen LogP contribution in [0.5, 0.6) is 0 Å². The number of cyclic esters (lactones) is 1.